The molecule has 1 aromatic heterocycles. The third-order valence-electron chi connectivity index (χ3n) is 4.27. The zero-order chi connectivity index (χ0) is 14.2. The van der Waals surface area contributed by atoms with Gasteiger partial charge in [0.15, 0.2) is 0 Å². The van der Waals surface area contributed by atoms with Crippen molar-refractivity contribution in [3.8, 4) is 5.75 Å². The molecule has 0 radical (unpaired) electrons. The van der Waals surface area contributed by atoms with E-state index in [9.17, 15) is 0 Å². The third kappa shape index (κ3) is 2.26. The first-order valence-corrected chi connectivity index (χ1v) is 7.78. The molecule has 0 amide bonds. The van der Waals surface area contributed by atoms with Gasteiger partial charge in [0.25, 0.3) is 0 Å². The fourth-order valence-electron chi connectivity index (χ4n) is 3.18. The van der Waals surface area contributed by atoms with Crippen LogP contribution in [0.5, 0.6) is 5.75 Å². The lowest BCUT2D eigenvalue weighted by atomic mass is 9.92. The van der Waals surface area contributed by atoms with Gasteiger partial charge >= 0.3 is 0 Å². The molecule has 5 heteroatoms. The van der Waals surface area contributed by atoms with Gasteiger partial charge < -0.3 is 15.0 Å². The normalized spacial score (nSPS) is 20.3. The Balaban J connectivity index is 1.81. The lowest BCUT2D eigenvalue weighted by Crippen LogP contribution is -2.27. The number of rotatable bonds is 1. The molecule has 0 bridgehead atoms. The number of H-pyrrole nitrogens is 1. The van der Waals surface area contributed by atoms with Gasteiger partial charge in [-0.15, -0.1) is 0 Å². The van der Waals surface area contributed by atoms with E-state index in [1.54, 1.807) is 0 Å². The fraction of sp³-hybridized carbons (Fsp3) is 0.375. The number of aromatic amines is 1. The van der Waals surface area contributed by atoms with Crippen molar-refractivity contribution in [1.29, 1.82) is 0 Å². The van der Waals surface area contributed by atoms with Crippen LogP contribution in [-0.2, 0) is 13.0 Å². The smallest absolute Gasteiger partial charge is 0.134 e. The highest BCUT2D eigenvalue weighted by Crippen LogP contribution is 2.36. The summed E-state index contributed by atoms with van der Waals surface area (Å²) >= 11 is 5.49. The monoisotopic (exact) mass is 299 g/mol. The minimum absolute atomic E-state index is 0.247. The van der Waals surface area contributed by atoms with Crippen molar-refractivity contribution >= 4 is 12.2 Å². The number of nitrogens with zero attached hydrogens (tertiary/aromatic N) is 1. The van der Waals surface area contributed by atoms with E-state index in [2.05, 4.69) is 27.4 Å². The van der Waals surface area contributed by atoms with E-state index in [0.29, 0.717) is 0 Å². The van der Waals surface area contributed by atoms with Gasteiger partial charge in [0, 0.05) is 42.2 Å². The summed E-state index contributed by atoms with van der Waals surface area (Å²) in [6.07, 6.45) is 1.92. The maximum Gasteiger partial charge on any atom is 0.134 e. The molecule has 0 spiro atoms. The first-order valence-electron chi connectivity index (χ1n) is 7.37. The van der Waals surface area contributed by atoms with E-state index >= 15 is 0 Å². The lowest BCUT2D eigenvalue weighted by Gasteiger charge is -2.26. The SMILES string of the molecule is S=c1nc(C2CCOc3ccccc32)[nH]c2c1CNCC2. The average Bonchev–Trinajstić information content (AvgIpc) is 2.54. The summed E-state index contributed by atoms with van der Waals surface area (Å²) in [5.74, 6) is 2.20. The van der Waals surface area contributed by atoms with Crippen LogP contribution >= 0.6 is 12.2 Å². The molecule has 3 heterocycles. The lowest BCUT2D eigenvalue weighted by molar-refractivity contribution is 0.274. The Labute approximate surface area is 128 Å². The van der Waals surface area contributed by atoms with Crippen molar-refractivity contribution in [1.82, 2.24) is 15.3 Å². The Hall–Kier alpha value is -1.72. The van der Waals surface area contributed by atoms with Crippen molar-refractivity contribution in [2.45, 2.75) is 25.3 Å². The van der Waals surface area contributed by atoms with Crippen molar-refractivity contribution in [2.24, 2.45) is 0 Å². The van der Waals surface area contributed by atoms with Gasteiger partial charge in [0.05, 0.1) is 6.61 Å². The molecular formula is C16H17N3OS. The number of hydrogen-bond donors (Lipinski definition) is 2. The molecule has 0 aliphatic carbocycles. The second kappa shape index (κ2) is 5.24. The number of benzene rings is 1. The predicted molar refractivity (Wildman–Crippen MR) is 83.2 cm³/mol. The Morgan fingerprint density at radius 2 is 2.19 bits per heavy atom. The Kier molecular flexibility index (Phi) is 3.24. The molecule has 108 valence electrons. The van der Waals surface area contributed by atoms with Gasteiger partial charge in [-0.05, 0) is 12.5 Å². The maximum atomic E-state index is 5.74. The van der Waals surface area contributed by atoms with E-state index in [0.717, 1.165) is 54.3 Å². The molecule has 0 saturated heterocycles. The molecule has 0 fully saturated rings. The van der Waals surface area contributed by atoms with Crippen molar-refractivity contribution in [3.63, 3.8) is 0 Å². The van der Waals surface area contributed by atoms with E-state index in [1.807, 2.05) is 12.1 Å². The van der Waals surface area contributed by atoms with Gasteiger partial charge in [0.2, 0.25) is 0 Å². The first kappa shape index (κ1) is 13.0. The summed E-state index contributed by atoms with van der Waals surface area (Å²) in [7, 11) is 0. The summed E-state index contributed by atoms with van der Waals surface area (Å²) in [6, 6.07) is 8.21. The number of ether oxygens (including phenoxy) is 1. The highest BCUT2D eigenvalue weighted by atomic mass is 32.1. The van der Waals surface area contributed by atoms with Crippen LogP contribution in [0.1, 0.15) is 35.0 Å². The minimum atomic E-state index is 0.247. The zero-order valence-corrected chi connectivity index (χ0v) is 12.5. The molecule has 2 aliphatic heterocycles. The summed E-state index contributed by atoms with van der Waals surface area (Å²) in [5, 5.41) is 3.35. The van der Waals surface area contributed by atoms with Crippen LogP contribution < -0.4 is 10.1 Å². The molecule has 1 unspecified atom stereocenters. The van der Waals surface area contributed by atoms with Crippen molar-refractivity contribution in [2.75, 3.05) is 13.2 Å². The third-order valence-corrected chi connectivity index (χ3v) is 4.60. The number of para-hydroxylation sites is 1. The van der Waals surface area contributed by atoms with Gasteiger partial charge in [-0.3, -0.25) is 0 Å². The van der Waals surface area contributed by atoms with Crippen molar-refractivity contribution < 1.29 is 4.74 Å². The molecule has 21 heavy (non-hydrogen) atoms. The van der Waals surface area contributed by atoms with Crippen LogP contribution in [0.3, 0.4) is 0 Å². The number of fused-ring (bicyclic) bond motifs is 2. The Bertz CT molecular complexity index is 741. The molecule has 2 aliphatic rings. The Morgan fingerprint density at radius 3 is 3.14 bits per heavy atom. The van der Waals surface area contributed by atoms with Gasteiger partial charge in [0.1, 0.15) is 16.2 Å². The maximum absolute atomic E-state index is 5.74. The van der Waals surface area contributed by atoms with Crippen molar-refractivity contribution in [3.05, 3.63) is 51.6 Å². The van der Waals surface area contributed by atoms with E-state index in [-0.39, 0.29) is 5.92 Å². The first-order chi connectivity index (χ1) is 10.3. The predicted octanol–water partition coefficient (Wildman–Crippen LogP) is 2.70. The standard InChI is InChI=1S/C16H17N3OS/c21-16-12-9-17-7-5-13(12)18-15(19-16)11-6-8-20-14-4-2-1-3-10(11)14/h1-4,11,17H,5-9H2,(H,18,19,21). The molecule has 2 N–H and O–H groups in total. The summed E-state index contributed by atoms with van der Waals surface area (Å²) in [6.45, 7) is 2.54. The second-order valence-corrected chi connectivity index (χ2v) is 5.93. The topological polar surface area (TPSA) is 49.9 Å². The van der Waals surface area contributed by atoms with Crippen LogP contribution in [0.4, 0.5) is 0 Å². The van der Waals surface area contributed by atoms with E-state index in [4.69, 9.17) is 17.0 Å². The molecule has 4 nitrogen and oxygen atoms in total. The van der Waals surface area contributed by atoms with Gasteiger partial charge in [-0.25, -0.2) is 4.98 Å². The van der Waals surface area contributed by atoms with Crippen LogP contribution in [0.15, 0.2) is 24.3 Å². The Morgan fingerprint density at radius 1 is 1.29 bits per heavy atom. The minimum Gasteiger partial charge on any atom is -0.493 e. The van der Waals surface area contributed by atoms with Crippen LogP contribution in [0, 0.1) is 4.64 Å². The molecule has 4 rings (SSSR count). The molecular weight excluding hydrogens is 282 g/mol. The zero-order valence-electron chi connectivity index (χ0n) is 11.7. The molecule has 2 aromatic rings. The number of aromatic nitrogens is 2. The second-order valence-electron chi connectivity index (χ2n) is 5.54. The van der Waals surface area contributed by atoms with Gasteiger partial charge in [-0.1, -0.05) is 30.4 Å². The van der Waals surface area contributed by atoms with E-state index < -0.39 is 0 Å². The molecule has 1 aromatic carbocycles. The van der Waals surface area contributed by atoms with Gasteiger partial charge in [-0.2, -0.15) is 0 Å². The molecule has 1 atom stereocenters. The molecule has 0 saturated carbocycles. The largest absolute Gasteiger partial charge is 0.493 e. The summed E-state index contributed by atoms with van der Waals surface area (Å²) < 4.78 is 6.47. The van der Waals surface area contributed by atoms with Crippen LogP contribution in [0.25, 0.3) is 0 Å². The average molecular weight is 299 g/mol. The van der Waals surface area contributed by atoms with Crippen LogP contribution in [-0.4, -0.2) is 23.1 Å². The highest BCUT2D eigenvalue weighted by molar-refractivity contribution is 7.71. The fourth-order valence-corrected chi connectivity index (χ4v) is 3.47. The number of hydrogen-bond acceptors (Lipinski definition) is 4. The summed E-state index contributed by atoms with van der Waals surface area (Å²) in [4.78, 5) is 8.22. The quantitative estimate of drug-likeness (QED) is 0.795. The number of nitrogens with one attached hydrogen (secondary N) is 2. The van der Waals surface area contributed by atoms with Crippen LogP contribution in [0.2, 0.25) is 0 Å². The van der Waals surface area contributed by atoms with E-state index in [1.165, 1.54) is 11.3 Å². The highest BCUT2D eigenvalue weighted by Gasteiger charge is 2.25. The summed E-state index contributed by atoms with van der Waals surface area (Å²) in [5.41, 5.74) is 3.60.